The van der Waals surface area contributed by atoms with E-state index in [2.05, 4.69) is 0 Å². The smallest absolute Gasteiger partial charge is 0.136 e. The van der Waals surface area contributed by atoms with Crippen LogP contribution in [0.5, 0.6) is 11.5 Å². The first-order valence-corrected chi connectivity index (χ1v) is 5.50. The first-order chi connectivity index (χ1) is 7.93. The third-order valence-electron chi connectivity index (χ3n) is 3.01. The van der Waals surface area contributed by atoms with Crippen molar-refractivity contribution in [1.29, 1.82) is 0 Å². The third kappa shape index (κ3) is 2.53. The van der Waals surface area contributed by atoms with Crippen molar-refractivity contribution >= 4 is 0 Å². The molecule has 0 saturated heterocycles. The van der Waals surface area contributed by atoms with E-state index in [1.165, 1.54) is 0 Å². The van der Waals surface area contributed by atoms with Gasteiger partial charge in [-0.15, -0.1) is 0 Å². The minimum Gasteiger partial charge on any atom is -0.496 e. The number of nitrogens with zero attached hydrogens (tertiary/aromatic N) is 1. The molecule has 1 aromatic rings. The summed E-state index contributed by atoms with van der Waals surface area (Å²) in [5.41, 5.74) is 2.74. The quantitative estimate of drug-likeness (QED) is 0.815. The molecule has 0 bridgehead atoms. The van der Waals surface area contributed by atoms with E-state index in [0.29, 0.717) is 5.75 Å². The Morgan fingerprint density at radius 2 is 1.71 bits per heavy atom. The highest BCUT2D eigenvalue weighted by Gasteiger charge is 2.20. The summed E-state index contributed by atoms with van der Waals surface area (Å²) in [5.74, 6) is 1.48. The van der Waals surface area contributed by atoms with Gasteiger partial charge in [0.25, 0.3) is 0 Å². The maximum absolute atomic E-state index is 10.1. The summed E-state index contributed by atoms with van der Waals surface area (Å²) in [6, 6.07) is 1.83. The van der Waals surface area contributed by atoms with Gasteiger partial charge >= 0.3 is 0 Å². The van der Waals surface area contributed by atoms with Crippen LogP contribution in [0.25, 0.3) is 0 Å². The van der Waals surface area contributed by atoms with Gasteiger partial charge in [0.2, 0.25) is 0 Å². The van der Waals surface area contributed by atoms with Crippen LogP contribution in [-0.2, 0) is 0 Å². The lowest BCUT2D eigenvalue weighted by Gasteiger charge is -2.24. The van der Waals surface area contributed by atoms with Crippen molar-refractivity contribution in [2.24, 2.45) is 0 Å². The van der Waals surface area contributed by atoms with Gasteiger partial charge < -0.3 is 14.6 Å². The molecule has 0 aromatic heterocycles. The number of hydrogen-bond acceptors (Lipinski definition) is 4. The van der Waals surface area contributed by atoms with Crippen LogP contribution in [0.4, 0.5) is 0 Å². The average Bonchev–Trinajstić information content (AvgIpc) is 2.31. The van der Waals surface area contributed by atoms with Gasteiger partial charge in [0.05, 0.1) is 14.2 Å². The van der Waals surface area contributed by atoms with Crippen LogP contribution >= 0.6 is 0 Å². The molecule has 4 heteroatoms. The molecule has 17 heavy (non-hydrogen) atoms. The van der Waals surface area contributed by atoms with Gasteiger partial charge in [-0.2, -0.15) is 0 Å². The van der Waals surface area contributed by atoms with E-state index in [1.54, 1.807) is 19.1 Å². The summed E-state index contributed by atoms with van der Waals surface area (Å²) in [6.07, 6.45) is -0.710. The van der Waals surface area contributed by atoms with Crippen LogP contribution < -0.4 is 9.47 Å². The van der Waals surface area contributed by atoms with E-state index in [1.807, 2.05) is 34.0 Å². The Morgan fingerprint density at radius 1 is 1.12 bits per heavy atom. The van der Waals surface area contributed by atoms with E-state index in [4.69, 9.17) is 9.47 Å². The van der Waals surface area contributed by atoms with E-state index in [9.17, 15) is 5.11 Å². The van der Waals surface area contributed by atoms with Crippen molar-refractivity contribution in [3.63, 3.8) is 0 Å². The Bertz CT molecular complexity index is 402. The van der Waals surface area contributed by atoms with Crippen molar-refractivity contribution in [3.8, 4) is 11.5 Å². The average molecular weight is 239 g/mol. The minimum atomic E-state index is -0.710. The minimum absolute atomic E-state index is 0.710. The van der Waals surface area contributed by atoms with Gasteiger partial charge in [-0.3, -0.25) is 4.90 Å². The van der Waals surface area contributed by atoms with Crippen LogP contribution in [0.3, 0.4) is 0 Å². The second-order valence-electron chi connectivity index (χ2n) is 4.29. The normalized spacial score (nSPS) is 12.7. The second-order valence-corrected chi connectivity index (χ2v) is 4.29. The molecule has 0 aliphatic heterocycles. The summed E-state index contributed by atoms with van der Waals surface area (Å²) in [6.45, 7) is 3.94. The third-order valence-corrected chi connectivity index (χ3v) is 3.01. The van der Waals surface area contributed by atoms with Crippen LogP contribution in [-0.4, -0.2) is 38.3 Å². The van der Waals surface area contributed by atoms with Crippen molar-refractivity contribution in [2.45, 2.75) is 20.1 Å². The fourth-order valence-corrected chi connectivity index (χ4v) is 1.84. The molecular formula is C13H21NO3. The van der Waals surface area contributed by atoms with E-state index >= 15 is 0 Å². The summed E-state index contributed by atoms with van der Waals surface area (Å²) in [5, 5.41) is 10.1. The number of benzene rings is 1. The predicted molar refractivity (Wildman–Crippen MR) is 67.7 cm³/mol. The van der Waals surface area contributed by atoms with E-state index in [-0.39, 0.29) is 0 Å². The zero-order valence-corrected chi connectivity index (χ0v) is 11.4. The molecule has 1 rings (SSSR count). The number of aliphatic hydroxyl groups excluding tert-OH is 1. The Morgan fingerprint density at radius 3 is 2.12 bits per heavy atom. The lowest BCUT2D eigenvalue weighted by Crippen LogP contribution is -2.20. The molecule has 4 nitrogen and oxygen atoms in total. The maximum Gasteiger partial charge on any atom is 0.136 e. The summed E-state index contributed by atoms with van der Waals surface area (Å²) >= 11 is 0. The predicted octanol–water partition coefficient (Wildman–Crippen LogP) is 1.87. The Hall–Kier alpha value is -1.26. The van der Waals surface area contributed by atoms with Crippen LogP contribution in [0.15, 0.2) is 6.07 Å². The van der Waals surface area contributed by atoms with Crippen molar-refractivity contribution in [3.05, 3.63) is 22.8 Å². The molecule has 0 heterocycles. The van der Waals surface area contributed by atoms with Crippen LogP contribution in [0.1, 0.15) is 22.9 Å². The molecule has 0 saturated carbocycles. The lowest BCUT2D eigenvalue weighted by molar-refractivity contribution is 0.0372. The summed E-state index contributed by atoms with van der Waals surface area (Å²) in [7, 11) is 6.86. The topological polar surface area (TPSA) is 41.9 Å². The largest absolute Gasteiger partial charge is 0.496 e. The van der Waals surface area contributed by atoms with Gasteiger partial charge in [-0.1, -0.05) is 0 Å². The molecule has 1 atom stereocenters. The summed E-state index contributed by atoms with van der Waals surface area (Å²) < 4.78 is 10.7. The highest BCUT2D eigenvalue weighted by Crippen LogP contribution is 2.37. The number of rotatable bonds is 4. The molecular weight excluding hydrogens is 218 g/mol. The maximum atomic E-state index is 10.1. The zero-order valence-electron chi connectivity index (χ0n) is 11.4. The highest BCUT2D eigenvalue weighted by molar-refractivity contribution is 5.53. The highest BCUT2D eigenvalue weighted by atomic mass is 16.5. The van der Waals surface area contributed by atoms with Crippen LogP contribution in [0, 0.1) is 13.8 Å². The summed E-state index contributed by atoms with van der Waals surface area (Å²) in [4.78, 5) is 1.71. The fourth-order valence-electron chi connectivity index (χ4n) is 1.84. The van der Waals surface area contributed by atoms with Crippen molar-refractivity contribution in [1.82, 2.24) is 4.90 Å². The van der Waals surface area contributed by atoms with Crippen molar-refractivity contribution < 1.29 is 14.6 Å². The Balaban J connectivity index is 3.42. The number of ether oxygens (including phenoxy) is 2. The molecule has 0 amide bonds. The molecule has 0 fully saturated rings. The van der Waals surface area contributed by atoms with Crippen LogP contribution in [0.2, 0.25) is 0 Å². The Labute approximate surface area is 103 Å². The standard InChI is InChI=1S/C13H21NO3/c1-8-9(2)12(17-6)10(7-11(8)16-5)13(15)14(3)4/h7,13,15H,1-6H3. The number of methoxy groups -OCH3 is 2. The molecule has 1 N–H and O–H groups in total. The van der Waals surface area contributed by atoms with Gasteiger partial charge in [0.15, 0.2) is 0 Å². The van der Waals surface area contributed by atoms with Gasteiger partial charge in [-0.05, 0) is 45.1 Å². The number of aliphatic hydroxyl groups is 1. The molecule has 1 aromatic carbocycles. The monoisotopic (exact) mass is 239 g/mol. The lowest BCUT2D eigenvalue weighted by atomic mass is 10.0. The molecule has 0 spiro atoms. The number of hydrogen-bond donors (Lipinski definition) is 1. The Kier molecular flexibility index (Phi) is 4.37. The SMILES string of the molecule is COc1cc(C(O)N(C)C)c(OC)c(C)c1C. The van der Waals surface area contributed by atoms with Gasteiger partial charge in [0, 0.05) is 5.56 Å². The molecule has 0 aliphatic carbocycles. The molecule has 0 aliphatic rings. The van der Waals surface area contributed by atoms with Gasteiger partial charge in [0.1, 0.15) is 17.7 Å². The van der Waals surface area contributed by atoms with E-state index in [0.717, 1.165) is 22.4 Å². The molecule has 0 radical (unpaired) electrons. The van der Waals surface area contributed by atoms with Crippen molar-refractivity contribution in [2.75, 3.05) is 28.3 Å². The first-order valence-electron chi connectivity index (χ1n) is 5.50. The first kappa shape index (κ1) is 13.8. The molecule has 1 unspecified atom stereocenters. The van der Waals surface area contributed by atoms with Gasteiger partial charge in [-0.25, -0.2) is 0 Å². The fraction of sp³-hybridized carbons (Fsp3) is 0.538. The zero-order chi connectivity index (χ0) is 13.2. The van der Waals surface area contributed by atoms with E-state index < -0.39 is 6.23 Å². The molecule has 96 valence electrons. The second kappa shape index (κ2) is 5.38.